The second-order valence-corrected chi connectivity index (χ2v) is 10.3. The number of rotatable bonds is 9. The first kappa shape index (κ1) is 28.3. The molecule has 0 aliphatic carbocycles. The number of morpholine rings is 1. The smallest absolute Gasteiger partial charge is 0.315 e. The lowest BCUT2D eigenvalue weighted by Gasteiger charge is -2.39. The summed E-state index contributed by atoms with van der Waals surface area (Å²) in [5.41, 5.74) is 6.11. The van der Waals surface area contributed by atoms with Crippen LogP contribution in [0.25, 0.3) is 11.1 Å². The molecule has 0 aromatic heterocycles. The van der Waals surface area contributed by atoms with Crippen molar-refractivity contribution in [2.24, 2.45) is 0 Å². The highest BCUT2D eigenvalue weighted by Gasteiger charge is 2.33. The molecule has 40 heavy (non-hydrogen) atoms. The van der Waals surface area contributed by atoms with E-state index in [9.17, 15) is 9.90 Å². The summed E-state index contributed by atoms with van der Waals surface area (Å²) in [5.74, 6) is 0. The number of carbonyl (C=O) groups is 1. The predicted molar refractivity (Wildman–Crippen MR) is 153 cm³/mol. The molecule has 3 atom stereocenters. The Morgan fingerprint density at radius 2 is 1.65 bits per heavy atom. The molecule has 0 bridgehead atoms. The number of amides is 2. The van der Waals surface area contributed by atoms with Crippen LogP contribution in [0.15, 0.2) is 72.8 Å². The van der Waals surface area contributed by atoms with Gasteiger partial charge in [0.15, 0.2) is 6.29 Å². The van der Waals surface area contributed by atoms with Gasteiger partial charge in [0.1, 0.15) is 0 Å². The number of urea groups is 1. The molecule has 3 aromatic carbocycles. The number of aliphatic hydroxyl groups excluding tert-OH is 1. The third kappa shape index (κ3) is 7.27. The second kappa shape index (κ2) is 13.9. The summed E-state index contributed by atoms with van der Waals surface area (Å²) in [6.45, 7) is 7.10. The molecule has 0 radical (unpaired) electrons. The number of benzene rings is 3. The summed E-state index contributed by atoms with van der Waals surface area (Å²) in [6.07, 6.45) is 0.167. The molecule has 2 saturated heterocycles. The lowest BCUT2D eigenvalue weighted by molar-refractivity contribution is -0.253. The van der Waals surface area contributed by atoms with Crippen molar-refractivity contribution in [1.29, 1.82) is 0 Å². The summed E-state index contributed by atoms with van der Waals surface area (Å²) >= 11 is 0. The molecular formula is C32H39N3O5. The van der Waals surface area contributed by atoms with Gasteiger partial charge in [-0.1, -0.05) is 72.8 Å². The standard InChI is InChI=1S/C32H39N3O5/c1-2-33-32(37)34-20-27-5-3-4-6-29(27)24-11-13-26(14-12-24)31-39-28(21-35-15-17-38-18-16-35)19-30(40-31)25-9-7-23(22-36)8-10-25/h3-14,28,30-31,36H,2,15-22H2,1H3,(H2,33,34,37)/t28-,30+,31+/m0/s1. The highest BCUT2D eigenvalue weighted by molar-refractivity contribution is 5.74. The first-order valence-corrected chi connectivity index (χ1v) is 14.1. The molecule has 3 aromatic rings. The van der Waals surface area contributed by atoms with E-state index >= 15 is 0 Å². The van der Waals surface area contributed by atoms with E-state index in [1.807, 2.05) is 49.4 Å². The SMILES string of the molecule is CCNC(=O)NCc1ccccc1-c1ccc([C@@H]2O[C@H](CN3CCOCC3)C[C@H](c3ccc(CO)cc3)O2)cc1. The zero-order chi connectivity index (χ0) is 27.7. The molecule has 5 rings (SSSR count). The quantitative estimate of drug-likeness (QED) is 0.366. The van der Waals surface area contributed by atoms with Crippen molar-refractivity contribution in [3.8, 4) is 11.1 Å². The molecule has 2 amide bonds. The van der Waals surface area contributed by atoms with E-state index in [-0.39, 0.29) is 24.8 Å². The largest absolute Gasteiger partial charge is 0.392 e. The van der Waals surface area contributed by atoms with Crippen LogP contribution in [0.2, 0.25) is 0 Å². The van der Waals surface area contributed by atoms with Crippen LogP contribution in [-0.4, -0.2) is 61.5 Å². The predicted octanol–water partition coefficient (Wildman–Crippen LogP) is 4.54. The highest BCUT2D eigenvalue weighted by atomic mass is 16.7. The van der Waals surface area contributed by atoms with Crippen molar-refractivity contribution >= 4 is 6.03 Å². The fourth-order valence-electron chi connectivity index (χ4n) is 5.28. The Morgan fingerprint density at radius 3 is 2.38 bits per heavy atom. The van der Waals surface area contributed by atoms with E-state index < -0.39 is 6.29 Å². The number of nitrogens with one attached hydrogen (secondary N) is 2. The molecule has 2 aliphatic rings. The Balaban J connectivity index is 1.33. The van der Waals surface area contributed by atoms with E-state index in [0.717, 1.165) is 72.6 Å². The molecule has 8 heteroatoms. The minimum Gasteiger partial charge on any atom is -0.392 e. The Kier molecular flexibility index (Phi) is 9.81. The summed E-state index contributed by atoms with van der Waals surface area (Å²) in [4.78, 5) is 14.3. The van der Waals surface area contributed by atoms with E-state index in [0.29, 0.717) is 13.1 Å². The summed E-state index contributed by atoms with van der Waals surface area (Å²) < 4.78 is 18.6. The number of ether oxygens (including phenoxy) is 3. The minimum atomic E-state index is -0.494. The second-order valence-electron chi connectivity index (χ2n) is 10.3. The zero-order valence-corrected chi connectivity index (χ0v) is 23.1. The molecule has 2 aliphatic heterocycles. The van der Waals surface area contributed by atoms with Gasteiger partial charge >= 0.3 is 6.03 Å². The van der Waals surface area contributed by atoms with E-state index in [1.165, 1.54) is 0 Å². The van der Waals surface area contributed by atoms with Gasteiger partial charge in [-0.25, -0.2) is 4.79 Å². The lowest BCUT2D eigenvalue weighted by Crippen LogP contribution is -2.44. The molecule has 0 unspecified atom stereocenters. The monoisotopic (exact) mass is 545 g/mol. The Labute approximate surface area is 236 Å². The first-order valence-electron chi connectivity index (χ1n) is 14.1. The molecule has 0 spiro atoms. The average molecular weight is 546 g/mol. The Bertz CT molecular complexity index is 1230. The van der Waals surface area contributed by atoms with Gasteiger partial charge < -0.3 is 30.0 Å². The van der Waals surface area contributed by atoms with Crippen molar-refractivity contribution in [2.75, 3.05) is 39.4 Å². The fraction of sp³-hybridized carbons (Fsp3) is 0.406. The Morgan fingerprint density at radius 1 is 0.925 bits per heavy atom. The number of nitrogens with zero attached hydrogens (tertiary/aromatic N) is 1. The molecule has 2 fully saturated rings. The summed E-state index contributed by atoms with van der Waals surface area (Å²) in [5, 5.41) is 15.2. The molecule has 2 heterocycles. The van der Waals surface area contributed by atoms with Crippen molar-refractivity contribution in [3.63, 3.8) is 0 Å². The van der Waals surface area contributed by atoms with Crippen molar-refractivity contribution < 1.29 is 24.1 Å². The molecule has 8 nitrogen and oxygen atoms in total. The van der Waals surface area contributed by atoms with Crippen LogP contribution in [0, 0.1) is 0 Å². The van der Waals surface area contributed by atoms with E-state index in [2.05, 4.69) is 45.9 Å². The van der Waals surface area contributed by atoms with Gasteiger partial charge in [-0.05, 0) is 34.7 Å². The molecular weight excluding hydrogens is 506 g/mol. The number of carbonyl (C=O) groups excluding carboxylic acids is 1. The van der Waals surface area contributed by atoms with Crippen LogP contribution >= 0.6 is 0 Å². The van der Waals surface area contributed by atoms with Crippen molar-refractivity contribution in [2.45, 2.75) is 45.0 Å². The van der Waals surface area contributed by atoms with Crippen LogP contribution < -0.4 is 10.6 Å². The average Bonchev–Trinajstić information content (AvgIpc) is 3.01. The maximum Gasteiger partial charge on any atom is 0.315 e. The maximum atomic E-state index is 11.9. The molecule has 212 valence electrons. The fourth-order valence-corrected chi connectivity index (χ4v) is 5.28. The van der Waals surface area contributed by atoms with Gasteiger partial charge in [0.2, 0.25) is 0 Å². The summed E-state index contributed by atoms with van der Waals surface area (Å²) in [7, 11) is 0. The number of hydrogen-bond acceptors (Lipinski definition) is 6. The minimum absolute atomic E-state index is 0.0140. The Hall–Kier alpha value is -3.27. The van der Waals surface area contributed by atoms with Crippen LogP contribution in [0.1, 0.15) is 48.0 Å². The maximum absolute atomic E-state index is 11.9. The number of hydrogen-bond donors (Lipinski definition) is 3. The van der Waals surface area contributed by atoms with Gasteiger partial charge in [0.25, 0.3) is 0 Å². The zero-order valence-electron chi connectivity index (χ0n) is 23.1. The van der Waals surface area contributed by atoms with Crippen LogP contribution in [0.5, 0.6) is 0 Å². The first-order chi connectivity index (χ1) is 19.6. The van der Waals surface area contributed by atoms with Gasteiger partial charge in [0.05, 0.1) is 32.0 Å². The number of aliphatic hydroxyl groups is 1. The highest BCUT2D eigenvalue weighted by Crippen LogP contribution is 2.39. The van der Waals surface area contributed by atoms with E-state index in [1.54, 1.807) is 0 Å². The van der Waals surface area contributed by atoms with Crippen molar-refractivity contribution in [1.82, 2.24) is 15.5 Å². The van der Waals surface area contributed by atoms with Gasteiger partial charge in [0, 0.05) is 44.7 Å². The van der Waals surface area contributed by atoms with Crippen molar-refractivity contribution in [3.05, 3.63) is 95.1 Å². The van der Waals surface area contributed by atoms with Gasteiger partial charge in [-0.3, -0.25) is 4.90 Å². The normalized spacial score (nSPS) is 21.6. The van der Waals surface area contributed by atoms with Crippen LogP contribution in [0.3, 0.4) is 0 Å². The van der Waals surface area contributed by atoms with Crippen LogP contribution in [-0.2, 0) is 27.4 Å². The topological polar surface area (TPSA) is 92.3 Å². The van der Waals surface area contributed by atoms with Gasteiger partial charge in [-0.15, -0.1) is 0 Å². The molecule has 3 N–H and O–H groups in total. The molecule has 0 saturated carbocycles. The van der Waals surface area contributed by atoms with Gasteiger partial charge in [-0.2, -0.15) is 0 Å². The lowest BCUT2D eigenvalue weighted by atomic mass is 9.97. The third-order valence-corrected chi connectivity index (χ3v) is 7.47. The third-order valence-electron chi connectivity index (χ3n) is 7.47. The summed E-state index contributed by atoms with van der Waals surface area (Å²) in [6, 6.07) is 24.2. The van der Waals surface area contributed by atoms with E-state index in [4.69, 9.17) is 14.2 Å². The van der Waals surface area contributed by atoms with Crippen LogP contribution in [0.4, 0.5) is 4.79 Å².